The highest BCUT2D eigenvalue weighted by molar-refractivity contribution is 9.10. The number of anilines is 1. The van der Waals surface area contributed by atoms with E-state index in [-0.39, 0.29) is 30.5 Å². The number of nitrogens with zero attached hydrogens (tertiary/aromatic N) is 2. The van der Waals surface area contributed by atoms with Gasteiger partial charge in [-0.3, -0.25) is 9.78 Å². The zero-order valence-corrected chi connectivity index (χ0v) is 15.3. The van der Waals surface area contributed by atoms with Gasteiger partial charge >= 0.3 is 0 Å². The van der Waals surface area contributed by atoms with E-state index < -0.39 is 0 Å². The van der Waals surface area contributed by atoms with Crippen molar-refractivity contribution in [2.75, 3.05) is 18.5 Å². The first-order chi connectivity index (χ1) is 12.2. The van der Waals surface area contributed by atoms with Crippen LogP contribution in [0.15, 0.2) is 47.2 Å². The number of halogens is 1. The summed E-state index contributed by atoms with van der Waals surface area (Å²) in [5.41, 5.74) is 3.11. The van der Waals surface area contributed by atoms with Crippen LogP contribution in [0, 0.1) is 5.92 Å². The number of pyridine rings is 1. The summed E-state index contributed by atoms with van der Waals surface area (Å²) < 4.78 is 1.00. The number of amides is 1. The molecule has 1 aromatic heterocycles. The lowest BCUT2D eigenvalue weighted by Crippen LogP contribution is -2.43. The molecule has 2 aliphatic rings. The standard InChI is InChI=1S/C19H20BrN3O2/c20-13-1-2-16-15(10-13)19-14(17(11-24)22-16)5-8-23(19)18(25)9-12-3-6-21-7-4-12/h1-4,6-7,10,14,17,19,22,24H,5,8-9,11H2/t14-,17+,19-/m1/s1. The van der Waals surface area contributed by atoms with Crippen molar-refractivity contribution in [2.45, 2.75) is 24.9 Å². The first-order valence-corrected chi connectivity index (χ1v) is 9.32. The molecule has 0 unspecified atom stereocenters. The lowest BCUT2D eigenvalue weighted by Gasteiger charge is -2.39. The zero-order valence-electron chi connectivity index (χ0n) is 13.7. The van der Waals surface area contributed by atoms with Crippen LogP contribution in [0.25, 0.3) is 0 Å². The fourth-order valence-electron chi connectivity index (χ4n) is 4.09. The average Bonchev–Trinajstić information content (AvgIpc) is 3.07. The van der Waals surface area contributed by atoms with Crippen LogP contribution in [0.5, 0.6) is 0 Å². The van der Waals surface area contributed by atoms with E-state index in [4.69, 9.17) is 0 Å². The molecule has 1 fully saturated rings. The Morgan fingerprint density at radius 1 is 1.32 bits per heavy atom. The number of likely N-dealkylation sites (tertiary alicyclic amines) is 1. The van der Waals surface area contributed by atoms with Crippen LogP contribution >= 0.6 is 15.9 Å². The van der Waals surface area contributed by atoms with Crippen LogP contribution in [0.3, 0.4) is 0 Å². The van der Waals surface area contributed by atoms with Gasteiger partial charge in [-0.25, -0.2) is 0 Å². The highest BCUT2D eigenvalue weighted by atomic mass is 79.9. The Labute approximate surface area is 155 Å². The topological polar surface area (TPSA) is 65.5 Å². The third kappa shape index (κ3) is 3.04. The van der Waals surface area contributed by atoms with Gasteiger partial charge < -0.3 is 15.3 Å². The molecule has 4 rings (SSSR count). The van der Waals surface area contributed by atoms with Gasteiger partial charge in [-0.1, -0.05) is 15.9 Å². The molecule has 0 saturated carbocycles. The summed E-state index contributed by atoms with van der Waals surface area (Å²) in [4.78, 5) is 19.0. The zero-order chi connectivity index (χ0) is 17.4. The number of carbonyl (C=O) groups excluding carboxylic acids is 1. The molecule has 2 N–H and O–H groups in total. The van der Waals surface area contributed by atoms with Crippen LogP contribution < -0.4 is 5.32 Å². The molecule has 1 amide bonds. The number of benzene rings is 1. The monoisotopic (exact) mass is 401 g/mol. The summed E-state index contributed by atoms with van der Waals surface area (Å²) in [7, 11) is 0. The Balaban J connectivity index is 1.66. The van der Waals surface area contributed by atoms with E-state index in [1.807, 2.05) is 29.2 Å². The fourth-order valence-corrected chi connectivity index (χ4v) is 4.47. The number of aliphatic hydroxyl groups excluding tert-OH is 1. The average molecular weight is 402 g/mol. The predicted molar refractivity (Wildman–Crippen MR) is 99.1 cm³/mol. The van der Waals surface area contributed by atoms with Crippen LogP contribution in [0.1, 0.15) is 23.6 Å². The molecule has 6 heteroatoms. The molecule has 2 aromatic rings. The van der Waals surface area contributed by atoms with Crippen molar-refractivity contribution in [1.82, 2.24) is 9.88 Å². The molecular formula is C19H20BrN3O2. The molecule has 3 atom stereocenters. The lowest BCUT2D eigenvalue weighted by atomic mass is 9.83. The first kappa shape index (κ1) is 16.5. The molecule has 0 aliphatic carbocycles. The highest BCUT2D eigenvalue weighted by Gasteiger charge is 2.45. The summed E-state index contributed by atoms with van der Waals surface area (Å²) in [6, 6.07) is 9.86. The molecule has 0 spiro atoms. The predicted octanol–water partition coefficient (Wildman–Crippen LogP) is 2.76. The maximum absolute atomic E-state index is 13.0. The Kier molecular flexibility index (Phi) is 4.48. The number of nitrogens with one attached hydrogen (secondary N) is 1. The summed E-state index contributed by atoms with van der Waals surface area (Å²) in [6.45, 7) is 0.798. The lowest BCUT2D eigenvalue weighted by molar-refractivity contribution is -0.131. The number of hydrogen-bond donors (Lipinski definition) is 2. The Bertz CT molecular complexity index is 783. The molecule has 1 saturated heterocycles. The smallest absolute Gasteiger partial charge is 0.227 e. The van der Waals surface area contributed by atoms with Gasteiger partial charge in [0.1, 0.15) is 0 Å². The van der Waals surface area contributed by atoms with Gasteiger partial charge in [0.2, 0.25) is 5.91 Å². The first-order valence-electron chi connectivity index (χ1n) is 8.52. The number of aromatic nitrogens is 1. The van der Waals surface area contributed by atoms with Gasteiger partial charge in [0.05, 0.1) is 25.1 Å². The van der Waals surface area contributed by atoms with E-state index >= 15 is 0 Å². The maximum Gasteiger partial charge on any atom is 0.227 e. The molecular weight excluding hydrogens is 382 g/mol. The van der Waals surface area contributed by atoms with Crippen molar-refractivity contribution in [3.63, 3.8) is 0 Å². The van der Waals surface area contributed by atoms with Crippen molar-refractivity contribution in [3.8, 4) is 0 Å². The van der Waals surface area contributed by atoms with E-state index in [1.54, 1.807) is 12.4 Å². The summed E-state index contributed by atoms with van der Waals surface area (Å²) in [5.74, 6) is 0.358. The Hall–Kier alpha value is -1.92. The molecule has 2 aliphatic heterocycles. The van der Waals surface area contributed by atoms with Gasteiger partial charge in [-0.05, 0) is 47.9 Å². The number of hydrogen-bond acceptors (Lipinski definition) is 4. The molecule has 5 nitrogen and oxygen atoms in total. The fraction of sp³-hybridized carbons (Fsp3) is 0.368. The molecule has 0 radical (unpaired) electrons. The number of aliphatic hydroxyl groups is 1. The van der Waals surface area contributed by atoms with E-state index in [0.29, 0.717) is 6.42 Å². The summed E-state index contributed by atoms with van der Waals surface area (Å²) in [5, 5.41) is 13.2. The second kappa shape index (κ2) is 6.77. The largest absolute Gasteiger partial charge is 0.394 e. The minimum absolute atomic E-state index is 0.0141. The Morgan fingerprint density at radius 2 is 2.12 bits per heavy atom. The van der Waals surface area contributed by atoms with Crippen molar-refractivity contribution in [2.24, 2.45) is 5.92 Å². The van der Waals surface area contributed by atoms with E-state index in [2.05, 4.69) is 32.3 Å². The molecule has 130 valence electrons. The second-order valence-corrected chi connectivity index (χ2v) is 7.60. The number of fused-ring (bicyclic) bond motifs is 3. The number of carbonyl (C=O) groups is 1. The van der Waals surface area contributed by atoms with Crippen LogP contribution in [0.2, 0.25) is 0 Å². The molecule has 25 heavy (non-hydrogen) atoms. The van der Waals surface area contributed by atoms with Crippen molar-refractivity contribution in [3.05, 3.63) is 58.3 Å². The Morgan fingerprint density at radius 3 is 2.88 bits per heavy atom. The minimum Gasteiger partial charge on any atom is -0.394 e. The van der Waals surface area contributed by atoms with Gasteiger partial charge in [-0.15, -0.1) is 0 Å². The van der Waals surface area contributed by atoms with Crippen LogP contribution in [0.4, 0.5) is 5.69 Å². The quantitative estimate of drug-likeness (QED) is 0.829. The van der Waals surface area contributed by atoms with Gasteiger partial charge in [0.15, 0.2) is 0 Å². The van der Waals surface area contributed by atoms with E-state index in [0.717, 1.165) is 34.3 Å². The summed E-state index contributed by atoms with van der Waals surface area (Å²) in [6.07, 6.45) is 4.71. The third-order valence-electron chi connectivity index (χ3n) is 5.26. The van der Waals surface area contributed by atoms with Crippen LogP contribution in [-0.4, -0.2) is 40.1 Å². The van der Waals surface area contributed by atoms with Crippen molar-refractivity contribution < 1.29 is 9.90 Å². The molecule has 0 bridgehead atoms. The van der Waals surface area contributed by atoms with Gasteiger partial charge in [0.25, 0.3) is 0 Å². The second-order valence-electron chi connectivity index (χ2n) is 6.68. The number of rotatable bonds is 3. The summed E-state index contributed by atoms with van der Waals surface area (Å²) >= 11 is 3.54. The normalized spacial score (nSPS) is 24.4. The molecule has 3 heterocycles. The van der Waals surface area contributed by atoms with Crippen molar-refractivity contribution in [1.29, 1.82) is 0 Å². The highest BCUT2D eigenvalue weighted by Crippen LogP contribution is 2.47. The van der Waals surface area contributed by atoms with Gasteiger partial charge in [0, 0.05) is 35.0 Å². The molecule has 1 aromatic carbocycles. The van der Waals surface area contributed by atoms with Crippen molar-refractivity contribution >= 4 is 27.5 Å². The van der Waals surface area contributed by atoms with E-state index in [9.17, 15) is 9.90 Å². The van der Waals surface area contributed by atoms with Gasteiger partial charge in [-0.2, -0.15) is 0 Å². The maximum atomic E-state index is 13.0. The van der Waals surface area contributed by atoms with Crippen LogP contribution in [-0.2, 0) is 11.2 Å². The minimum atomic E-state index is -0.0163. The SMILES string of the molecule is O=C(Cc1ccncc1)N1CC[C@@H]2[C@H](CO)Nc3ccc(Br)cc3[C@@H]21. The van der Waals surface area contributed by atoms with E-state index in [1.165, 1.54) is 0 Å². The third-order valence-corrected chi connectivity index (χ3v) is 5.75.